The molecule has 0 aliphatic heterocycles. The number of nitrogens with one attached hydrogen (secondary N) is 3. The molecule has 2 aromatic rings. The molecule has 12 nitrogen and oxygen atoms in total. The molecule has 1 heterocycles. The van der Waals surface area contributed by atoms with E-state index in [4.69, 9.17) is 5.73 Å². The maximum Gasteiger partial charge on any atom is 0.326 e. The number of benzene rings is 1. The van der Waals surface area contributed by atoms with E-state index in [1.165, 1.54) is 47.1 Å². The Morgan fingerprint density at radius 3 is 2.31 bits per heavy atom. The second-order valence-electron chi connectivity index (χ2n) is 8.59. The number of phenolic OH excluding ortho intramolecular Hbond substituents is 1. The molecule has 0 spiro atoms. The molecule has 212 valence electrons. The molecule has 3 atom stereocenters. The number of carboxylic acid groups (broad SMARTS) is 1. The Balaban J connectivity index is 1.84. The molecule has 1 aromatic heterocycles. The minimum absolute atomic E-state index is 0.0895. The van der Waals surface area contributed by atoms with E-state index < -0.39 is 60.8 Å². The lowest BCUT2D eigenvalue weighted by Crippen LogP contribution is -2.54. The van der Waals surface area contributed by atoms with E-state index in [1.807, 2.05) is 6.26 Å². The zero-order chi connectivity index (χ0) is 28.9. The molecule has 0 saturated heterocycles. The molecule has 0 fully saturated rings. The summed E-state index contributed by atoms with van der Waals surface area (Å²) in [5.41, 5.74) is 7.02. The van der Waals surface area contributed by atoms with Crippen LogP contribution in [0.3, 0.4) is 0 Å². The molecule has 1 aromatic carbocycles. The summed E-state index contributed by atoms with van der Waals surface area (Å²) in [5, 5.41) is 29.7. The molecule has 0 unspecified atom stereocenters. The molecule has 0 saturated carbocycles. The summed E-state index contributed by atoms with van der Waals surface area (Å²) >= 11 is 2.77. The number of thioether (sulfide) groups is 1. The third kappa shape index (κ3) is 10.2. The third-order valence-corrected chi connectivity index (χ3v) is 6.87. The van der Waals surface area contributed by atoms with Crippen molar-refractivity contribution < 1.29 is 34.2 Å². The highest BCUT2D eigenvalue weighted by Crippen LogP contribution is 2.24. The van der Waals surface area contributed by atoms with E-state index in [0.29, 0.717) is 11.4 Å². The molecular formula is C25H33N5O7S2. The average molecular weight is 580 g/mol. The zero-order valence-electron chi connectivity index (χ0n) is 21.6. The van der Waals surface area contributed by atoms with Gasteiger partial charge < -0.3 is 31.9 Å². The summed E-state index contributed by atoms with van der Waals surface area (Å²) in [6, 6.07) is 4.75. The van der Waals surface area contributed by atoms with Gasteiger partial charge in [-0.05, 0) is 60.9 Å². The molecular weight excluding hydrogens is 546 g/mol. The van der Waals surface area contributed by atoms with Crippen molar-refractivity contribution in [2.75, 3.05) is 30.0 Å². The van der Waals surface area contributed by atoms with Crippen LogP contribution < -0.4 is 26.6 Å². The monoisotopic (exact) mass is 579 g/mol. The zero-order valence-corrected chi connectivity index (χ0v) is 23.2. The SMILES string of the molecule is CSCC[C@@H](C(=O)O)N(C(=O)[C@H](C)NC(=O)CNC(=O)CNC(=O)[C@@H](N)Cc1ccc(O)cc1)c1ccsc1. The lowest BCUT2D eigenvalue weighted by Gasteiger charge is -2.30. The van der Waals surface area contributed by atoms with Gasteiger partial charge in [-0.2, -0.15) is 23.1 Å². The summed E-state index contributed by atoms with van der Waals surface area (Å²) in [6.45, 7) is 0.565. The highest BCUT2D eigenvalue weighted by molar-refractivity contribution is 7.98. The highest BCUT2D eigenvalue weighted by Gasteiger charge is 2.34. The van der Waals surface area contributed by atoms with Gasteiger partial charge in [0.2, 0.25) is 23.6 Å². The number of thiophene rings is 1. The number of hydrogen-bond acceptors (Lipinski definition) is 9. The Kier molecular flexibility index (Phi) is 12.7. The number of carboxylic acids is 1. The van der Waals surface area contributed by atoms with Gasteiger partial charge in [0.1, 0.15) is 17.8 Å². The Morgan fingerprint density at radius 1 is 1.05 bits per heavy atom. The summed E-state index contributed by atoms with van der Waals surface area (Å²) in [4.78, 5) is 63.0. The largest absolute Gasteiger partial charge is 0.508 e. The first kappa shape index (κ1) is 31.6. The van der Waals surface area contributed by atoms with Crippen molar-refractivity contribution >= 4 is 58.4 Å². The Hall–Kier alpha value is -3.62. The van der Waals surface area contributed by atoms with Crippen molar-refractivity contribution in [3.05, 3.63) is 46.7 Å². The van der Waals surface area contributed by atoms with Gasteiger partial charge in [0, 0.05) is 5.38 Å². The van der Waals surface area contributed by atoms with Crippen LogP contribution in [0.5, 0.6) is 5.75 Å². The fourth-order valence-electron chi connectivity index (χ4n) is 3.53. The molecule has 0 radical (unpaired) electrons. The Labute approximate surface area is 234 Å². The van der Waals surface area contributed by atoms with E-state index in [0.717, 1.165) is 5.56 Å². The first-order chi connectivity index (χ1) is 18.5. The number of hydrogen-bond donors (Lipinski definition) is 6. The number of carbonyl (C=O) groups is 5. The molecule has 0 aliphatic rings. The van der Waals surface area contributed by atoms with Crippen molar-refractivity contribution in [3.63, 3.8) is 0 Å². The van der Waals surface area contributed by atoms with Gasteiger partial charge in [-0.1, -0.05) is 12.1 Å². The van der Waals surface area contributed by atoms with Gasteiger partial charge >= 0.3 is 5.97 Å². The molecule has 4 amide bonds. The fraction of sp³-hybridized carbons (Fsp3) is 0.400. The van der Waals surface area contributed by atoms with Crippen molar-refractivity contribution in [2.24, 2.45) is 5.73 Å². The summed E-state index contributed by atoms with van der Waals surface area (Å²) in [6.07, 6.45) is 2.26. The highest BCUT2D eigenvalue weighted by atomic mass is 32.2. The number of amides is 4. The van der Waals surface area contributed by atoms with Crippen LogP contribution in [0.2, 0.25) is 0 Å². The number of anilines is 1. The number of nitrogens with two attached hydrogens (primary N) is 1. The van der Waals surface area contributed by atoms with E-state index in [2.05, 4.69) is 16.0 Å². The van der Waals surface area contributed by atoms with Gasteiger partial charge in [-0.3, -0.25) is 24.1 Å². The van der Waals surface area contributed by atoms with Crippen LogP contribution in [-0.4, -0.2) is 83.0 Å². The number of aliphatic carboxylic acids is 1. The smallest absolute Gasteiger partial charge is 0.326 e. The molecule has 39 heavy (non-hydrogen) atoms. The average Bonchev–Trinajstić information content (AvgIpc) is 3.43. The van der Waals surface area contributed by atoms with E-state index >= 15 is 0 Å². The second kappa shape index (κ2) is 15.7. The minimum atomic E-state index is -1.15. The topological polar surface area (TPSA) is 191 Å². The van der Waals surface area contributed by atoms with Gasteiger partial charge in [0.25, 0.3) is 0 Å². The van der Waals surface area contributed by atoms with Crippen LogP contribution in [0.25, 0.3) is 0 Å². The lowest BCUT2D eigenvalue weighted by atomic mass is 10.1. The standard InChI is InChI=1S/C25H33N5O7S2/c1-15(24(35)30(17-7-10-39-14-17)20(25(36)37)8-9-38-2)29-22(33)13-27-21(32)12-28-23(34)19(26)11-16-3-5-18(31)6-4-16/h3-7,10,14-15,19-20,31H,8-9,11-13,26H2,1-2H3,(H,27,32)(H,28,34)(H,29,33)(H,36,37)/t15-,19-,20-/m0/s1. The first-order valence-electron chi connectivity index (χ1n) is 12.0. The van der Waals surface area contributed by atoms with Gasteiger partial charge in [-0.25, -0.2) is 4.79 Å². The molecule has 14 heteroatoms. The molecule has 2 rings (SSSR count). The van der Waals surface area contributed by atoms with Gasteiger partial charge in [0.15, 0.2) is 0 Å². The van der Waals surface area contributed by atoms with Crippen molar-refractivity contribution in [2.45, 2.75) is 37.9 Å². The number of nitrogens with zero attached hydrogens (tertiary/aromatic N) is 1. The van der Waals surface area contributed by atoms with Crippen LogP contribution in [0.1, 0.15) is 18.9 Å². The van der Waals surface area contributed by atoms with Crippen molar-refractivity contribution in [1.29, 1.82) is 0 Å². The van der Waals surface area contributed by atoms with Crippen molar-refractivity contribution in [3.8, 4) is 5.75 Å². The van der Waals surface area contributed by atoms with Gasteiger partial charge in [-0.15, -0.1) is 0 Å². The first-order valence-corrected chi connectivity index (χ1v) is 14.3. The second-order valence-corrected chi connectivity index (χ2v) is 10.4. The molecule has 0 aliphatic carbocycles. The number of aromatic hydroxyl groups is 1. The Bertz CT molecular complexity index is 1130. The van der Waals surface area contributed by atoms with Crippen LogP contribution >= 0.6 is 23.1 Å². The maximum absolute atomic E-state index is 13.2. The van der Waals surface area contributed by atoms with Crippen molar-refractivity contribution in [1.82, 2.24) is 16.0 Å². The molecule has 7 N–H and O–H groups in total. The normalized spacial score (nSPS) is 13.0. The number of rotatable bonds is 15. The quantitative estimate of drug-likeness (QED) is 0.172. The number of carbonyl (C=O) groups excluding carboxylic acids is 4. The van der Waals surface area contributed by atoms with Gasteiger partial charge in [0.05, 0.1) is 24.8 Å². The van der Waals surface area contributed by atoms with E-state index in [9.17, 15) is 34.2 Å². The maximum atomic E-state index is 13.2. The third-order valence-electron chi connectivity index (χ3n) is 5.56. The predicted octanol–water partition coefficient (Wildman–Crippen LogP) is 0.300. The van der Waals surface area contributed by atoms with Crippen LogP contribution in [0.4, 0.5) is 5.69 Å². The minimum Gasteiger partial charge on any atom is -0.508 e. The predicted molar refractivity (Wildman–Crippen MR) is 150 cm³/mol. The van der Waals surface area contributed by atoms with Crippen LogP contribution in [0.15, 0.2) is 41.1 Å². The fourth-order valence-corrected chi connectivity index (χ4v) is 4.62. The summed E-state index contributed by atoms with van der Waals surface area (Å²) in [5.74, 6) is -3.01. The Morgan fingerprint density at radius 2 is 1.72 bits per heavy atom. The van der Waals surface area contributed by atoms with E-state index in [-0.39, 0.29) is 18.6 Å². The summed E-state index contributed by atoms with van der Waals surface area (Å²) in [7, 11) is 0. The lowest BCUT2D eigenvalue weighted by molar-refractivity contribution is -0.140. The summed E-state index contributed by atoms with van der Waals surface area (Å²) < 4.78 is 0. The van der Waals surface area contributed by atoms with E-state index in [1.54, 1.807) is 29.0 Å². The number of phenols is 1. The molecule has 0 bridgehead atoms. The van der Waals surface area contributed by atoms with Crippen LogP contribution in [0, 0.1) is 0 Å². The van der Waals surface area contributed by atoms with Crippen LogP contribution in [-0.2, 0) is 30.4 Å².